The molecular formula is C14H22BrN3OS. The maximum absolute atomic E-state index is 12.1. The molecule has 3 N–H and O–H groups in total. The van der Waals surface area contributed by atoms with Crippen molar-refractivity contribution in [3.8, 4) is 0 Å². The van der Waals surface area contributed by atoms with Gasteiger partial charge in [0.25, 0.3) is 0 Å². The molecular weight excluding hydrogens is 338 g/mol. The van der Waals surface area contributed by atoms with Gasteiger partial charge in [-0.3, -0.25) is 9.69 Å². The number of amides is 1. The van der Waals surface area contributed by atoms with Crippen LogP contribution in [0.25, 0.3) is 0 Å². The van der Waals surface area contributed by atoms with Gasteiger partial charge in [-0.15, -0.1) is 11.3 Å². The number of carbonyl (C=O) groups is 1. The van der Waals surface area contributed by atoms with E-state index in [1.54, 1.807) is 18.4 Å². The highest BCUT2D eigenvalue weighted by atomic mass is 79.9. The molecule has 0 radical (unpaired) electrons. The Morgan fingerprint density at radius 2 is 2.30 bits per heavy atom. The number of nitrogens with zero attached hydrogens (tertiary/aromatic N) is 1. The number of thiophene rings is 1. The maximum Gasteiger partial charge on any atom is 0.237 e. The van der Waals surface area contributed by atoms with Gasteiger partial charge in [-0.25, -0.2) is 0 Å². The smallest absolute Gasteiger partial charge is 0.237 e. The Morgan fingerprint density at radius 1 is 1.55 bits per heavy atom. The number of halogens is 1. The maximum atomic E-state index is 12.1. The van der Waals surface area contributed by atoms with Gasteiger partial charge in [-0.05, 0) is 54.4 Å². The number of rotatable bonds is 4. The lowest BCUT2D eigenvalue weighted by atomic mass is 9.96. The Labute approximate surface area is 132 Å². The lowest BCUT2D eigenvalue weighted by Gasteiger charge is -2.41. The number of likely N-dealkylation sites (tertiary alicyclic amines) is 1. The third-order valence-corrected chi connectivity index (χ3v) is 5.53. The van der Waals surface area contributed by atoms with Gasteiger partial charge < -0.3 is 11.1 Å². The number of nitrogens with one attached hydrogen (secondary N) is 1. The molecule has 4 nitrogen and oxygen atoms in total. The summed E-state index contributed by atoms with van der Waals surface area (Å²) in [5.74, 6) is 0.103. The average Bonchev–Trinajstić information content (AvgIpc) is 2.84. The predicted molar refractivity (Wildman–Crippen MR) is 86.8 cm³/mol. The molecule has 0 aromatic carbocycles. The molecule has 2 heterocycles. The lowest BCUT2D eigenvalue weighted by Crippen LogP contribution is -2.53. The minimum absolute atomic E-state index is 0.00851. The highest BCUT2D eigenvalue weighted by molar-refractivity contribution is 9.11. The second-order valence-electron chi connectivity index (χ2n) is 5.31. The summed E-state index contributed by atoms with van der Waals surface area (Å²) in [4.78, 5) is 15.6. The van der Waals surface area contributed by atoms with Crippen LogP contribution in [-0.4, -0.2) is 36.5 Å². The summed E-state index contributed by atoms with van der Waals surface area (Å²) >= 11 is 5.21. The quantitative estimate of drug-likeness (QED) is 0.868. The van der Waals surface area contributed by atoms with E-state index in [4.69, 9.17) is 5.73 Å². The molecule has 6 heteroatoms. The number of carbonyl (C=O) groups excluding carboxylic acids is 1. The van der Waals surface area contributed by atoms with Gasteiger partial charge in [0.1, 0.15) is 0 Å². The fourth-order valence-electron chi connectivity index (χ4n) is 2.95. The van der Waals surface area contributed by atoms with Gasteiger partial charge in [-0.1, -0.05) is 6.42 Å². The van der Waals surface area contributed by atoms with E-state index in [0.29, 0.717) is 0 Å². The minimum Gasteiger partial charge on any atom is -0.358 e. The van der Waals surface area contributed by atoms with Gasteiger partial charge in [0.15, 0.2) is 0 Å². The van der Waals surface area contributed by atoms with E-state index in [0.717, 1.165) is 29.6 Å². The standard InChI is InChI=1S/C14H22BrN3OS/c1-9(16)13(11-6-7-12(15)20-11)18-8-4-3-5-10(18)14(19)17-2/h6-7,9-10,13H,3-5,8,16H2,1-2H3,(H,17,19). The van der Waals surface area contributed by atoms with Gasteiger partial charge in [0.2, 0.25) is 5.91 Å². The van der Waals surface area contributed by atoms with Crippen LogP contribution in [0.1, 0.15) is 37.1 Å². The SMILES string of the molecule is CNC(=O)C1CCCCN1C(c1ccc(Br)s1)C(C)N. The summed E-state index contributed by atoms with van der Waals surface area (Å²) in [5.41, 5.74) is 6.23. The first-order chi connectivity index (χ1) is 9.54. The molecule has 0 bridgehead atoms. The van der Waals surface area contributed by atoms with Crippen LogP contribution in [0.2, 0.25) is 0 Å². The van der Waals surface area contributed by atoms with Crippen molar-refractivity contribution in [2.24, 2.45) is 5.73 Å². The second-order valence-corrected chi connectivity index (χ2v) is 7.80. The molecule has 1 fully saturated rings. The lowest BCUT2D eigenvalue weighted by molar-refractivity contribution is -0.128. The monoisotopic (exact) mass is 359 g/mol. The minimum atomic E-state index is -0.0642. The third-order valence-electron chi connectivity index (χ3n) is 3.83. The zero-order valence-electron chi connectivity index (χ0n) is 11.9. The molecule has 2 rings (SSSR count). The zero-order valence-corrected chi connectivity index (χ0v) is 14.3. The molecule has 0 aliphatic carbocycles. The molecule has 1 aromatic rings. The molecule has 3 atom stereocenters. The Hall–Kier alpha value is -0.430. The van der Waals surface area contributed by atoms with Crippen molar-refractivity contribution in [2.45, 2.75) is 44.3 Å². The first kappa shape index (κ1) is 15.9. The highest BCUT2D eigenvalue weighted by Gasteiger charge is 2.36. The van der Waals surface area contributed by atoms with Crippen molar-refractivity contribution >= 4 is 33.2 Å². The molecule has 0 saturated carbocycles. The van der Waals surface area contributed by atoms with Crippen molar-refractivity contribution in [1.82, 2.24) is 10.2 Å². The fraction of sp³-hybridized carbons (Fsp3) is 0.643. The van der Waals surface area contributed by atoms with Crippen molar-refractivity contribution in [3.05, 3.63) is 20.8 Å². The van der Waals surface area contributed by atoms with E-state index in [2.05, 4.69) is 32.2 Å². The molecule has 1 aliphatic heterocycles. The molecule has 1 aromatic heterocycles. The molecule has 1 amide bonds. The van der Waals surface area contributed by atoms with Crippen molar-refractivity contribution in [1.29, 1.82) is 0 Å². The van der Waals surface area contributed by atoms with E-state index in [9.17, 15) is 4.79 Å². The van der Waals surface area contributed by atoms with Crippen LogP contribution in [0.3, 0.4) is 0 Å². The Balaban J connectivity index is 2.28. The molecule has 1 saturated heterocycles. The summed E-state index contributed by atoms with van der Waals surface area (Å²) in [6.45, 7) is 2.95. The fourth-order valence-corrected chi connectivity index (χ4v) is 4.61. The van der Waals surface area contributed by atoms with E-state index in [1.807, 2.05) is 13.0 Å². The highest BCUT2D eigenvalue weighted by Crippen LogP contribution is 2.35. The second kappa shape index (κ2) is 7.02. The van der Waals surface area contributed by atoms with Crippen LogP contribution in [0.5, 0.6) is 0 Å². The van der Waals surface area contributed by atoms with Crippen molar-refractivity contribution in [2.75, 3.05) is 13.6 Å². The number of hydrogen-bond acceptors (Lipinski definition) is 4. The topological polar surface area (TPSA) is 58.4 Å². The van der Waals surface area contributed by atoms with Crippen LogP contribution >= 0.6 is 27.3 Å². The van der Waals surface area contributed by atoms with Crippen LogP contribution < -0.4 is 11.1 Å². The Bertz CT molecular complexity index is 463. The normalized spacial score (nSPS) is 23.3. The summed E-state index contributed by atoms with van der Waals surface area (Å²) in [6, 6.07) is 4.19. The number of hydrogen-bond donors (Lipinski definition) is 2. The number of likely N-dealkylation sites (N-methyl/N-ethyl adjacent to an activating group) is 1. The summed E-state index contributed by atoms with van der Waals surface area (Å²) in [5, 5.41) is 2.79. The van der Waals surface area contributed by atoms with Crippen LogP contribution in [0, 0.1) is 0 Å². The summed E-state index contributed by atoms with van der Waals surface area (Å²) in [6.07, 6.45) is 3.15. The Kier molecular flexibility index (Phi) is 5.60. The van der Waals surface area contributed by atoms with E-state index in [1.165, 1.54) is 4.88 Å². The van der Waals surface area contributed by atoms with E-state index in [-0.39, 0.29) is 24.0 Å². The van der Waals surface area contributed by atoms with Gasteiger partial charge in [-0.2, -0.15) is 0 Å². The number of piperidine rings is 1. The van der Waals surface area contributed by atoms with Crippen LogP contribution in [-0.2, 0) is 4.79 Å². The molecule has 20 heavy (non-hydrogen) atoms. The van der Waals surface area contributed by atoms with Crippen molar-refractivity contribution < 1.29 is 4.79 Å². The molecule has 112 valence electrons. The van der Waals surface area contributed by atoms with Crippen LogP contribution in [0.15, 0.2) is 15.9 Å². The molecule has 3 unspecified atom stereocenters. The summed E-state index contributed by atoms with van der Waals surface area (Å²) < 4.78 is 1.10. The van der Waals surface area contributed by atoms with E-state index >= 15 is 0 Å². The molecule has 1 aliphatic rings. The zero-order chi connectivity index (χ0) is 14.7. The average molecular weight is 360 g/mol. The first-order valence-corrected chi connectivity index (χ1v) is 8.63. The number of nitrogens with two attached hydrogens (primary N) is 1. The summed E-state index contributed by atoms with van der Waals surface area (Å²) in [7, 11) is 1.71. The van der Waals surface area contributed by atoms with E-state index < -0.39 is 0 Å². The van der Waals surface area contributed by atoms with Crippen molar-refractivity contribution in [3.63, 3.8) is 0 Å². The van der Waals surface area contributed by atoms with Gasteiger partial charge in [0, 0.05) is 18.0 Å². The predicted octanol–water partition coefficient (Wildman–Crippen LogP) is 2.50. The largest absolute Gasteiger partial charge is 0.358 e. The van der Waals surface area contributed by atoms with Crippen LogP contribution in [0.4, 0.5) is 0 Å². The molecule has 0 spiro atoms. The first-order valence-electron chi connectivity index (χ1n) is 7.02. The Morgan fingerprint density at radius 3 is 2.85 bits per heavy atom. The van der Waals surface area contributed by atoms with Gasteiger partial charge >= 0.3 is 0 Å². The third kappa shape index (κ3) is 3.42. The van der Waals surface area contributed by atoms with Gasteiger partial charge in [0.05, 0.1) is 15.9 Å².